The Hall–Kier alpha value is -0.350. The van der Waals surface area contributed by atoms with Gasteiger partial charge in [0.25, 0.3) is 0 Å². The molecule has 1 N–H and O–H groups in total. The second-order valence-electron chi connectivity index (χ2n) is 3.66. The third-order valence-electron chi connectivity index (χ3n) is 2.17. The molecule has 4 heteroatoms. The lowest BCUT2D eigenvalue weighted by Crippen LogP contribution is -2.44. The van der Waals surface area contributed by atoms with E-state index in [2.05, 4.69) is 31.0 Å². The smallest absolute Gasteiger partial charge is 0.169 e. The van der Waals surface area contributed by atoms with Crippen molar-refractivity contribution in [2.75, 3.05) is 26.3 Å². The van der Waals surface area contributed by atoms with Gasteiger partial charge in [-0.05, 0) is 46.3 Å². The molecule has 0 aliphatic carbocycles. The minimum Gasteiger partial charge on any atom is -0.382 e. The molecule has 0 bridgehead atoms. The maximum Gasteiger partial charge on any atom is 0.169 e. The fourth-order valence-corrected chi connectivity index (χ4v) is 1.80. The van der Waals surface area contributed by atoms with E-state index in [1.54, 1.807) is 0 Å². The number of nitrogens with zero attached hydrogens (tertiary/aromatic N) is 1. The van der Waals surface area contributed by atoms with Gasteiger partial charge >= 0.3 is 0 Å². The van der Waals surface area contributed by atoms with Crippen LogP contribution in [0, 0.1) is 0 Å². The molecule has 0 unspecified atom stereocenters. The average molecular weight is 232 g/mol. The molecule has 0 saturated heterocycles. The molecule has 3 nitrogen and oxygen atoms in total. The van der Waals surface area contributed by atoms with E-state index >= 15 is 0 Å². The van der Waals surface area contributed by atoms with Crippen molar-refractivity contribution in [3.05, 3.63) is 0 Å². The van der Waals surface area contributed by atoms with Crippen LogP contribution < -0.4 is 5.32 Å². The van der Waals surface area contributed by atoms with Crippen LogP contribution in [0.5, 0.6) is 0 Å². The van der Waals surface area contributed by atoms with Crippen LogP contribution in [-0.4, -0.2) is 42.4 Å². The normalized spacial score (nSPS) is 10.5. The van der Waals surface area contributed by atoms with Gasteiger partial charge in [-0.15, -0.1) is 0 Å². The maximum absolute atomic E-state index is 5.30. The lowest BCUT2D eigenvalue weighted by atomic mass is 10.3. The highest BCUT2D eigenvalue weighted by Crippen LogP contribution is 1.98. The Labute approximate surface area is 99.2 Å². The second-order valence-corrected chi connectivity index (χ2v) is 4.05. The summed E-state index contributed by atoms with van der Waals surface area (Å²) in [5.74, 6) is 0. The number of ether oxygens (including phenoxy) is 1. The predicted molar refractivity (Wildman–Crippen MR) is 69.2 cm³/mol. The van der Waals surface area contributed by atoms with Crippen molar-refractivity contribution < 1.29 is 4.74 Å². The van der Waals surface area contributed by atoms with Crippen molar-refractivity contribution >= 4 is 17.3 Å². The number of hydrogen-bond donors (Lipinski definition) is 1. The number of rotatable bonds is 7. The van der Waals surface area contributed by atoms with E-state index in [-0.39, 0.29) is 0 Å². The lowest BCUT2D eigenvalue weighted by molar-refractivity contribution is 0.145. The molecule has 0 aromatic carbocycles. The van der Waals surface area contributed by atoms with Crippen molar-refractivity contribution in [3.8, 4) is 0 Å². The van der Waals surface area contributed by atoms with E-state index in [4.69, 9.17) is 17.0 Å². The third-order valence-corrected chi connectivity index (χ3v) is 2.55. The van der Waals surface area contributed by atoms with Crippen LogP contribution in [-0.2, 0) is 4.74 Å². The molecule has 0 aromatic rings. The van der Waals surface area contributed by atoms with Crippen LogP contribution in [0.15, 0.2) is 0 Å². The summed E-state index contributed by atoms with van der Waals surface area (Å²) in [7, 11) is 0. The summed E-state index contributed by atoms with van der Waals surface area (Å²) < 4.78 is 5.25. The first-order chi connectivity index (χ1) is 7.13. The molecule has 15 heavy (non-hydrogen) atoms. The van der Waals surface area contributed by atoms with Gasteiger partial charge in [0.1, 0.15) is 0 Å². The molecule has 90 valence electrons. The molecular weight excluding hydrogens is 208 g/mol. The average Bonchev–Trinajstić information content (AvgIpc) is 2.18. The third kappa shape index (κ3) is 6.68. The summed E-state index contributed by atoms with van der Waals surface area (Å²) in [6.45, 7) is 11.9. The van der Waals surface area contributed by atoms with Crippen molar-refractivity contribution in [2.24, 2.45) is 0 Å². The summed E-state index contributed by atoms with van der Waals surface area (Å²) >= 11 is 5.30. The summed E-state index contributed by atoms with van der Waals surface area (Å²) in [6.07, 6.45) is 1.00. The Morgan fingerprint density at radius 3 is 2.53 bits per heavy atom. The van der Waals surface area contributed by atoms with E-state index in [9.17, 15) is 0 Å². The van der Waals surface area contributed by atoms with Gasteiger partial charge in [-0.2, -0.15) is 0 Å². The second kappa shape index (κ2) is 8.92. The van der Waals surface area contributed by atoms with E-state index in [1.165, 1.54) is 0 Å². The minimum atomic E-state index is 0.460. The highest BCUT2D eigenvalue weighted by molar-refractivity contribution is 7.80. The Morgan fingerprint density at radius 1 is 1.40 bits per heavy atom. The molecule has 0 fully saturated rings. The SMILES string of the molecule is CCOCCCNC(=S)N(CC)C(C)C. The highest BCUT2D eigenvalue weighted by Gasteiger charge is 2.09. The van der Waals surface area contributed by atoms with Crippen LogP contribution in [0.25, 0.3) is 0 Å². The van der Waals surface area contributed by atoms with Gasteiger partial charge in [0.2, 0.25) is 0 Å². The largest absolute Gasteiger partial charge is 0.382 e. The summed E-state index contributed by atoms with van der Waals surface area (Å²) in [5.41, 5.74) is 0. The summed E-state index contributed by atoms with van der Waals surface area (Å²) in [5, 5.41) is 4.10. The van der Waals surface area contributed by atoms with E-state index in [1.807, 2.05) is 6.92 Å². The van der Waals surface area contributed by atoms with Crippen molar-refractivity contribution in [2.45, 2.75) is 40.2 Å². The molecule has 0 atom stereocenters. The number of nitrogens with one attached hydrogen (secondary N) is 1. The van der Waals surface area contributed by atoms with Gasteiger partial charge in [-0.3, -0.25) is 0 Å². The van der Waals surface area contributed by atoms with E-state index in [0.717, 1.165) is 37.8 Å². The fourth-order valence-electron chi connectivity index (χ4n) is 1.36. The van der Waals surface area contributed by atoms with Gasteiger partial charge in [0.05, 0.1) is 0 Å². The molecule has 0 aliphatic rings. The first kappa shape index (κ1) is 14.6. The molecule has 0 rings (SSSR count). The first-order valence-electron chi connectivity index (χ1n) is 5.75. The zero-order chi connectivity index (χ0) is 11.7. The van der Waals surface area contributed by atoms with Crippen LogP contribution in [0.4, 0.5) is 0 Å². The molecule has 0 saturated carbocycles. The Balaban J connectivity index is 3.63. The van der Waals surface area contributed by atoms with E-state index in [0.29, 0.717) is 6.04 Å². The van der Waals surface area contributed by atoms with E-state index < -0.39 is 0 Å². The molecule has 0 aliphatic heterocycles. The predicted octanol–water partition coefficient (Wildman–Crippen LogP) is 2.02. The first-order valence-corrected chi connectivity index (χ1v) is 6.16. The zero-order valence-electron chi connectivity index (χ0n) is 10.4. The van der Waals surface area contributed by atoms with Gasteiger partial charge in [-0.25, -0.2) is 0 Å². The molecule has 0 spiro atoms. The monoisotopic (exact) mass is 232 g/mol. The van der Waals surface area contributed by atoms with Crippen LogP contribution >= 0.6 is 12.2 Å². The zero-order valence-corrected chi connectivity index (χ0v) is 11.2. The van der Waals surface area contributed by atoms with Crippen molar-refractivity contribution in [3.63, 3.8) is 0 Å². The Morgan fingerprint density at radius 2 is 2.07 bits per heavy atom. The summed E-state index contributed by atoms with van der Waals surface area (Å²) in [6, 6.07) is 0.460. The quantitative estimate of drug-likeness (QED) is 0.536. The van der Waals surface area contributed by atoms with Crippen molar-refractivity contribution in [1.29, 1.82) is 0 Å². The lowest BCUT2D eigenvalue weighted by Gasteiger charge is -2.28. The van der Waals surface area contributed by atoms with Crippen molar-refractivity contribution in [1.82, 2.24) is 10.2 Å². The molecule has 0 radical (unpaired) electrons. The highest BCUT2D eigenvalue weighted by atomic mass is 32.1. The maximum atomic E-state index is 5.30. The molecular formula is C11H24N2OS. The number of hydrogen-bond acceptors (Lipinski definition) is 2. The Kier molecular flexibility index (Phi) is 8.71. The standard InChI is InChI=1S/C11H24N2OS/c1-5-13(10(3)4)11(15)12-8-7-9-14-6-2/h10H,5-9H2,1-4H3,(H,12,15). The van der Waals surface area contributed by atoms with Gasteiger partial charge in [0, 0.05) is 32.3 Å². The molecule has 0 aromatic heterocycles. The van der Waals surface area contributed by atoms with Gasteiger partial charge in [-0.1, -0.05) is 0 Å². The van der Waals surface area contributed by atoms with Gasteiger partial charge in [0.15, 0.2) is 5.11 Å². The van der Waals surface area contributed by atoms with Gasteiger partial charge < -0.3 is 15.0 Å². The van der Waals surface area contributed by atoms with Crippen LogP contribution in [0.1, 0.15) is 34.1 Å². The topological polar surface area (TPSA) is 24.5 Å². The molecule has 0 heterocycles. The fraction of sp³-hybridized carbons (Fsp3) is 0.909. The van der Waals surface area contributed by atoms with Crippen LogP contribution in [0.3, 0.4) is 0 Å². The minimum absolute atomic E-state index is 0.460. The Bertz CT molecular complexity index is 174. The van der Waals surface area contributed by atoms with Crippen LogP contribution in [0.2, 0.25) is 0 Å². The summed E-state index contributed by atoms with van der Waals surface area (Å²) in [4.78, 5) is 2.18. The number of thiocarbonyl (C=S) groups is 1. The molecule has 0 amide bonds.